The third-order valence-corrected chi connectivity index (χ3v) is 6.78. The monoisotopic (exact) mass is 392 g/mol. The summed E-state index contributed by atoms with van der Waals surface area (Å²) >= 11 is 15.2. The molecule has 90 valence electrons. The van der Waals surface area contributed by atoms with Crippen LogP contribution in [0.4, 0.5) is 0 Å². The Balaban J connectivity index is 2.23. The van der Waals surface area contributed by atoms with E-state index in [1.54, 1.807) is 11.3 Å². The lowest BCUT2D eigenvalue weighted by atomic mass is 9.97. The molecule has 2 rings (SSSR count). The Labute approximate surface area is 127 Å². The number of benzene rings is 1. The van der Waals surface area contributed by atoms with Gasteiger partial charge in [0.15, 0.2) is 0 Å². The molecule has 0 aliphatic heterocycles. The van der Waals surface area contributed by atoms with Gasteiger partial charge in [-0.2, -0.15) is 0 Å². The molecule has 1 aromatic heterocycles. The zero-order valence-electron chi connectivity index (χ0n) is 9.16. The van der Waals surface area contributed by atoms with Gasteiger partial charge in [0.05, 0.1) is 9.16 Å². The Bertz CT molecular complexity index is 476. The molecule has 0 amide bonds. The van der Waals surface area contributed by atoms with Gasteiger partial charge >= 0.3 is 0 Å². The van der Waals surface area contributed by atoms with Gasteiger partial charge < -0.3 is 0 Å². The summed E-state index contributed by atoms with van der Waals surface area (Å²) in [5, 5.41) is 0.00463. The SMILES string of the molecule is CC(c1ccccc1)C(Cl)c1cc(Br)c(Br)s1. The van der Waals surface area contributed by atoms with E-state index in [4.69, 9.17) is 11.6 Å². The fourth-order valence-electron chi connectivity index (χ4n) is 1.67. The average Bonchev–Trinajstić information content (AvgIpc) is 2.69. The van der Waals surface area contributed by atoms with Crippen molar-refractivity contribution in [3.05, 3.63) is 55.1 Å². The second-order valence-corrected chi connectivity index (χ2v) is 7.60. The Hall–Kier alpha value is 0.170. The summed E-state index contributed by atoms with van der Waals surface area (Å²) in [4.78, 5) is 1.18. The van der Waals surface area contributed by atoms with Crippen molar-refractivity contribution in [2.24, 2.45) is 0 Å². The molecule has 0 radical (unpaired) electrons. The van der Waals surface area contributed by atoms with E-state index in [1.165, 1.54) is 10.4 Å². The van der Waals surface area contributed by atoms with Crippen molar-refractivity contribution in [1.29, 1.82) is 0 Å². The van der Waals surface area contributed by atoms with E-state index < -0.39 is 0 Å². The van der Waals surface area contributed by atoms with Crippen molar-refractivity contribution in [1.82, 2.24) is 0 Å². The van der Waals surface area contributed by atoms with Gasteiger partial charge in [-0.05, 0) is 43.5 Å². The first kappa shape index (κ1) is 13.6. The smallest absolute Gasteiger partial charge is 0.0843 e. The third kappa shape index (κ3) is 3.14. The molecule has 0 bridgehead atoms. The van der Waals surface area contributed by atoms with Crippen LogP contribution >= 0.6 is 54.8 Å². The summed E-state index contributed by atoms with van der Waals surface area (Å²) in [6.45, 7) is 2.16. The fraction of sp³-hybridized carbons (Fsp3) is 0.231. The van der Waals surface area contributed by atoms with Gasteiger partial charge in [0.2, 0.25) is 0 Å². The number of hydrogen-bond donors (Lipinski definition) is 0. The highest BCUT2D eigenvalue weighted by Gasteiger charge is 2.21. The van der Waals surface area contributed by atoms with Crippen LogP contribution in [-0.2, 0) is 0 Å². The van der Waals surface area contributed by atoms with Crippen LogP contribution in [0.2, 0.25) is 0 Å². The molecular weight excluding hydrogens is 383 g/mol. The van der Waals surface area contributed by atoms with E-state index >= 15 is 0 Å². The Kier molecular flexibility index (Phi) is 4.70. The zero-order chi connectivity index (χ0) is 12.4. The molecule has 0 N–H and O–H groups in total. The van der Waals surface area contributed by atoms with Crippen molar-refractivity contribution in [2.75, 3.05) is 0 Å². The van der Waals surface area contributed by atoms with Gasteiger partial charge in [0, 0.05) is 15.3 Å². The molecule has 0 saturated carbocycles. The van der Waals surface area contributed by atoms with Gasteiger partial charge in [-0.25, -0.2) is 0 Å². The summed E-state index contributed by atoms with van der Waals surface area (Å²) in [6, 6.07) is 12.5. The maximum Gasteiger partial charge on any atom is 0.0843 e. The van der Waals surface area contributed by atoms with Crippen molar-refractivity contribution in [2.45, 2.75) is 18.2 Å². The number of rotatable bonds is 3. The zero-order valence-corrected chi connectivity index (χ0v) is 13.9. The summed E-state index contributed by atoms with van der Waals surface area (Å²) < 4.78 is 2.17. The molecule has 0 spiro atoms. The highest BCUT2D eigenvalue weighted by Crippen LogP contribution is 2.43. The number of thiophene rings is 1. The Morgan fingerprint density at radius 2 is 1.82 bits per heavy atom. The quantitative estimate of drug-likeness (QED) is 0.532. The van der Waals surface area contributed by atoms with Gasteiger partial charge in [0.25, 0.3) is 0 Å². The average molecular weight is 395 g/mol. The molecule has 0 aliphatic carbocycles. The lowest BCUT2D eigenvalue weighted by Crippen LogP contribution is -2.00. The van der Waals surface area contributed by atoms with E-state index in [2.05, 4.69) is 69.1 Å². The third-order valence-electron chi connectivity index (χ3n) is 2.70. The van der Waals surface area contributed by atoms with Crippen LogP contribution in [0.25, 0.3) is 0 Å². The first-order valence-corrected chi connectivity index (χ1v) is 8.07. The van der Waals surface area contributed by atoms with E-state index in [0.29, 0.717) is 5.92 Å². The molecule has 0 fully saturated rings. The van der Waals surface area contributed by atoms with Crippen LogP contribution in [0.5, 0.6) is 0 Å². The first-order valence-electron chi connectivity index (χ1n) is 5.23. The Morgan fingerprint density at radius 1 is 1.18 bits per heavy atom. The minimum atomic E-state index is 0.00463. The number of hydrogen-bond acceptors (Lipinski definition) is 1. The van der Waals surface area contributed by atoms with Gasteiger partial charge in [-0.3, -0.25) is 0 Å². The Morgan fingerprint density at radius 3 is 2.35 bits per heavy atom. The highest BCUT2D eigenvalue weighted by molar-refractivity contribution is 9.13. The van der Waals surface area contributed by atoms with Gasteiger partial charge in [-0.1, -0.05) is 37.3 Å². The largest absolute Gasteiger partial charge is 0.130 e. The predicted molar refractivity (Wildman–Crippen MR) is 83.2 cm³/mol. The fourth-order valence-corrected chi connectivity index (χ4v) is 4.19. The van der Waals surface area contributed by atoms with Crippen molar-refractivity contribution >= 4 is 54.8 Å². The maximum absolute atomic E-state index is 6.55. The minimum absolute atomic E-state index is 0.00463. The topological polar surface area (TPSA) is 0 Å². The van der Waals surface area contributed by atoms with E-state index in [-0.39, 0.29) is 5.38 Å². The van der Waals surface area contributed by atoms with E-state index in [9.17, 15) is 0 Å². The van der Waals surface area contributed by atoms with Crippen LogP contribution in [0.1, 0.15) is 28.7 Å². The molecular formula is C13H11Br2ClS. The summed E-state index contributed by atoms with van der Waals surface area (Å²) in [5.74, 6) is 0.301. The summed E-state index contributed by atoms with van der Waals surface area (Å²) in [6.07, 6.45) is 0. The molecule has 2 aromatic rings. The van der Waals surface area contributed by atoms with Crippen LogP contribution in [-0.4, -0.2) is 0 Å². The standard InChI is InChI=1S/C13H11Br2ClS/c1-8(9-5-3-2-4-6-9)12(16)11-7-10(14)13(15)17-11/h2-8,12H,1H3. The van der Waals surface area contributed by atoms with Crippen LogP contribution in [0.3, 0.4) is 0 Å². The summed E-state index contributed by atoms with van der Waals surface area (Å²) in [7, 11) is 0. The van der Waals surface area contributed by atoms with Crippen LogP contribution in [0.15, 0.2) is 44.7 Å². The molecule has 2 unspecified atom stereocenters. The lowest BCUT2D eigenvalue weighted by molar-refractivity contribution is 0.741. The van der Waals surface area contributed by atoms with Crippen LogP contribution < -0.4 is 0 Å². The molecule has 17 heavy (non-hydrogen) atoms. The van der Waals surface area contributed by atoms with Gasteiger partial charge in [0.1, 0.15) is 0 Å². The second kappa shape index (κ2) is 5.87. The van der Waals surface area contributed by atoms with Gasteiger partial charge in [-0.15, -0.1) is 22.9 Å². The highest BCUT2D eigenvalue weighted by atomic mass is 79.9. The number of halogens is 3. The van der Waals surface area contributed by atoms with Crippen molar-refractivity contribution < 1.29 is 0 Å². The minimum Gasteiger partial charge on any atom is -0.130 e. The van der Waals surface area contributed by atoms with Crippen molar-refractivity contribution in [3.63, 3.8) is 0 Å². The number of alkyl halides is 1. The molecule has 0 nitrogen and oxygen atoms in total. The molecule has 4 heteroatoms. The molecule has 1 aromatic carbocycles. The molecule has 0 aliphatic rings. The normalized spacial score (nSPS) is 14.6. The summed E-state index contributed by atoms with van der Waals surface area (Å²) in [5.41, 5.74) is 1.27. The van der Waals surface area contributed by atoms with Crippen molar-refractivity contribution in [3.8, 4) is 0 Å². The second-order valence-electron chi connectivity index (χ2n) is 3.87. The van der Waals surface area contributed by atoms with E-state index in [0.717, 1.165) is 8.26 Å². The van der Waals surface area contributed by atoms with Crippen LogP contribution in [0, 0.1) is 0 Å². The molecule has 2 atom stereocenters. The maximum atomic E-state index is 6.55. The first-order chi connectivity index (χ1) is 8.09. The predicted octanol–water partition coefficient (Wildman–Crippen LogP) is 6.36. The lowest BCUT2D eigenvalue weighted by Gasteiger charge is -2.17. The molecule has 0 saturated heterocycles. The van der Waals surface area contributed by atoms with E-state index in [1.807, 2.05) is 6.07 Å². The molecule has 1 heterocycles.